The van der Waals surface area contributed by atoms with Gasteiger partial charge < -0.3 is 14.6 Å². The largest absolute Gasteiger partial charge is 0.467 e. The molecule has 210 valence electrons. The van der Waals surface area contributed by atoms with Crippen molar-refractivity contribution in [1.29, 1.82) is 0 Å². The highest BCUT2D eigenvalue weighted by atomic mass is 16.5. The fourth-order valence-corrected chi connectivity index (χ4v) is 6.32. The topological polar surface area (TPSA) is 77.4 Å². The molecule has 0 aliphatic heterocycles. The minimum Gasteiger partial charge on any atom is -0.467 e. The Morgan fingerprint density at radius 2 is 1.52 bits per heavy atom. The van der Waals surface area contributed by atoms with Crippen molar-refractivity contribution in [1.82, 2.24) is 9.88 Å². The van der Waals surface area contributed by atoms with Crippen molar-refractivity contribution in [2.24, 2.45) is 5.92 Å². The van der Waals surface area contributed by atoms with Crippen LogP contribution in [0.1, 0.15) is 91.0 Å². The quantitative estimate of drug-likeness (QED) is 0.352. The average Bonchev–Trinajstić information content (AvgIpc) is 2.98. The molecule has 6 heteroatoms. The number of carbonyl (C=O) groups excluding carboxylic acids is 2. The standard InChI is InChI=1S/C34H40N2O4/c1-40-34(39)31(27-20-18-26(19-21-27)25-14-9-5-10-15-25)35-32(37)29-22-28-16-8-2-3-11-17-30(28)36(33(29)38)23-24-12-6-4-7-13-24/h5,9-10,14-15,18-22,24,31H,2-4,6-8,11-13,16-17,23H2,1H3,(H,35,37). The Morgan fingerprint density at radius 1 is 0.875 bits per heavy atom. The normalized spacial score (nSPS) is 16.7. The number of methoxy groups -OCH3 is 1. The summed E-state index contributed by atoms with van der Waals surface area (Å²) in [5.74, 6) is -0.644. The SMILES string of the molecule is COC(=O)C(NC(=O)c1cc2c(n(CC3CCCCC3)c1=O)CCCCCC2)c1ccc(-c2ccccc2)cc1. The van der Waals surface area contributed by atoms with Gasteiger partial charge in [0.25, 0.3) is 11.5 Å². The molecule has 0 bridgehead atoms. The van der Waals surface area contributed by atoms with Gasteiger partial charge in [-0.15, -0.1) is 0 Å². The van der Waals surface area contributed by atoms with Crippen LogP contribution >= 0.6 is 0 Å². The summed E-state index contributed by atoms with van der Waals surface area (Å²) < 4.78 is 6.97. The van der Waals surface area contributed by atoms with Crippen LogP contribution in [0.5, 0.6) is 0 Å². The average molecular weight is 541 g/mol. The van der Waals surface area contributed by atoms with E-state index >= 15 is 0 Å². The number of carbonyl (C=O) groups is 2. The third kappa shape index (κ3) is 6.38. The van der Waals surface area contributed by atoms with Crippen LogP contribution in [-0.2, 0) is 28.9 Å². The maximum absolute atomic E-state index is 13.9. The fourth-order valence-electron chi connectivity index (χ4n) is 6.32. The van der Waals surface area contributed by atoms with Crippen molar-refractivity contribution in [2.45, 2.75) is 83.2 Å². The molecule has 2 aromatic carbocycles. The molecule has 5 rings (SSSR count). The van der Waals surface area contributed by atoms with E-state index < -0.39 is 17.9 Å². The molecule has 3 aromatic rings. The van der Waals surface area contributed by atoms with Gasteiger partial charge in [0, 0.05) is 12.2 Å². The zero-order valence-corrected chi connectivity index (χ0v) is 23.5. The van der Waals surface area contributed by atoms with E-state index in [1.165, 1.54) is 32.8 Å². The van der Waals surface area contributed by atoms with Crippen LogP contribution in [0.4, 0.5) is 0 Å². The number of hydrogen-bond acceptors (Lipinski definition) is 4. The van der Waals surface area contributed by atoms with Gasteiger partial charge in [-0.2, -0.15) is 0 Å². The first-order valence-corrected chi connectivity index (χ1v) is 14.8. The molecular formula is C34H40N2O4. The van der Waals surface area contributed by atoms with Crippen LogP contribution in [-0.4, -0.2) is 23.6 Å². The highest BCUT2D eigenvalue weighted by Gasteiger charge is 2.28. The van der Waals surface area contributed by atoms with Crippen molar-refractivity contribution in [3.05, 3.63) is 93.4 Å². The molecule has 1 heterocycles. The lowest BCUT2D eigenvalue weighted by Crippen LogP contribution is -2.40. The van der Waals surface area contributed by atoms with E-state index in [-0.39, 0.29) is 11.1 Å². The smallest absolute Gasteiger partial charge is 0.333 e. The Hall–Kier alpha value is -3.67. The van der Waals surface area contributed by atoms with Gasteiger partial charge in [0.1, 0.15) is 5.56 Å². The summed E-state index contributed by atoms with van der Waals surface area (Å²) in [5, 5.41) is 2.84. The second-order valence-corrected chi connectivity index (χ2v) is 11.3. The highest BCUT2D eigenvalue weighted by molar-refractivity contribution is 5.97. The molecule has 2 aliphatic carbocycles. The first-order valence-electron chi connectivity index (χ1n) is 14.8. The van der Waals surface area contributed by atoms with Crippen molar-refractivity contribution in [3.8, 4) is 11.1 Å². The van der Waals surface area contributed by atoms with Crippen LogP contribution < -0.4 is 10.9 Å². The number of aromatic nitrogens is 1. The maximum atomic E-state index is 13.9. The number of amides is 1. The Kier molecular flexibility index (Phi) is 9.15. The Bertz CT molecular complexity index is 1370. The number of aryl methyl sites for hydroxylation is 1. The summed E-state index contributed by atoms with van der Waals surface area (Å²) in [7, 11) is 1.31. The fraction of sp³-hybridized carbons (Fsp3) is 0.441. The summed E-state index contributed by atoms with van der Waals surface area (Å²) in [6.07, 6.45) is 12.1. The van der Waals surface area contributed by atoms with E-state index in [1.807, 2.05) is 59.2 Å². The Balaban J connectivity index is 1.46. The zero-order chi connectivity index (χ0) is 27.9. The van der Waals surface area contributed by atoms with Gasteiger partial charge in [-0.1, -0.05) is 86.7 Å². The number of fused-ring (bicyclic) bond motifs is 1. The van der Waals surface area contributed by atoms with Gasteiger partial charge in [0.05, 0.1) is 7.11 Å². The second-order valence-electron chi connectivity index (χ2n) is 11.3. The number of pyridine rings is 1. The Labute approximate surface area is 236 Å². The number of nitrogens with zero attached hydrogens (tertiary/aromatic N) is 1. The minimum atomic E-state index is -1.02. The van der Waals surface area contributed by atoms with Gasteiger partial charge >= 0.3 is 5.97 Å². The molecule has 1 saturated carbocycles. The molecule has 1 aromatic heterocycles. The molecular weight excluding hydrogens is 500 g/mol. The first kappa shape index (κ1) is 27.9. The van der Waals surface area contributed by atoms with Gasteiger partial charge in [0.2, 0.25) is 0 Å². The number of rotatable bonds is 7. The van der Waals surface area contributed by atoms with Crippen LogP contribution in [0.25, 0.3) is 11.1 Å². The van der Waals surface area contributed by atoms with Crippen LogP contribution in [0.2, 0.25) is 0 Å². The predicted molar refractivity (Wildman–Crippen MR) is 157 cm³/mol. The van der Waals surface area contributed by atoms with E-state index in [2.05, 4.69) is 5.32 Å². The maximum Gasteiger partial charge on any atom is 0.333 e. The number of nitrogens with one attached hydrogen (secondary N) is 1. The van der Waals surface area contributed by atoms with E-state index in [4.69, 9.17) is 4.74 Å². The highest BCUT2D eigenvalue weighted by Crippen LogP contribution is 2.28. The molecule has 1 unspecified atom stereocenters. The molecule has 0 saturated heterocycles. The van der Waals surface area contributed by atoms with Crippen LogP contribution in [0.15, 0.2) is 65.5 Å². The summed E-state index contributed by atoms with van der Waals surface area (Å²) >= 11 is 0. The van der Waals surface area contributed by atoms with Gasteiger partial charge in [-0.3, -0.25) is 9.59 Å². The molecule has 6 nitrogen and oxygen atoms in total. The second kappa shape index (κ2) is 13.1. The molecule has 0 spiro atoms. The summed E-state index contributed by atoms with van der Waals surface area (Å²) in [6.45, 7) is 0.670. The van der Waals surface area contributed by atoms with E-state index in [9.17, 15) is 14.4 Å². The number of hydrogen-bond donors (Lipinski definition) is 1. The summed E-state index contributed by atoms with van der Waals surface area (Å²) in [5.41, 5.74) is 4.75. The summed E-state index contributed by atoms with van der Waals surface area (Å²) in [4.78, 5) is 40.5. The molecule has 1 N–H and O–H groups in total. The first-order chi connectivity index (χ1) is 19.5. The third-order valence-corrected chi connectivity index (χ3v) is 8.57. The monoisotopic (exact) mass is 540 g/mol. The Morgan fingerprint density at radius 3 is 2.23 bits per heavy atom. The van der Waals surface area contributed by atoms with Crippen molar-refractivity contribution < 1.29 is 14.3 Å². The predicted octanol–water partition coefficient (Wildman–Crippen LogP) is 6.40. The van der Waals surface area contributed by atoms with Crippen LogP contribution in [0, 0.1) is 5.92 Å². The van der Waals surface area contributed by atoms with Crippen molar-refractivity contribution in [3.63, 3.8) is 0 Å². The summed E-state index contributed by atoms with van der Waals surface area (Å²) in [6, 6.07) is 18.2. The van der Waals surface area contributed by atoms with Gasteiger partial charge in [0.15, 0.2) is 6.04 Å². The molecule has 1 fully saturated rings. The number of esters is 1. The third-order valence-electron chi connectivity index (χ3n) is 8.57. The van der Waals surface area contributed by atoms with E-state index in [0.29, 0.717) is 18.0 Å². The van der Waals surface area contributed by atoms with Crippen molar-refractivity contribution in [2.75, 3.05) is 7.11 Å². The van der Waals surface area contributed by atoms with Crippen molar-refractivity contribution >= 4 is 11.9 Å². The van der Waals surface area contributed by atoms with Gasteiger partial charge in [-0.25, -0.2) is 4.79 Å². The van der Waals surface area contributed by atoms with E-state index in [0.717, 1.165) is 67.3 Å². The van der Waals surface area contributed by atoms with Gasteiger partial charge in [-0.05, 0) is 72.8 Å². The van der Waals surface area contributed by atoms with Crippen LogP contribution in [0.3, 0.4) is 0 Å². The number of ether oxygens (including phenoxy) is 1. The zero-order valence-electron chi connectivity index (χ0n) is 23.5. The lowest BCUT2D eigenvalue weighted by molar-refractivity contribution is -0.143. The lowest BCUT2D eigenvalue weighted by atomic mass is 9.88. The molecule has 40 heavy (non-hydrogen) atoms. The molecule has 2 aliphatic rings. The van der Waals surface area contributed by atoms with E-state index in [1.54, 1.807) is 6.07 Å². The molecule has 1 amide bonds. The molecule has 1 atom stereocenters. The minimum absolute atomic E-state index is 0.116. The lowest BCUT2D eigenvalue weighted by Gasteiger charge is -2.27. The molecule has 0 radical (unpaired) electrons. The number of benzene rings is 2.